The maximum atomic E-state index is 12.2. The summed E-state index contributed by atoms with van der Waals surface area (Å²) in [7, 11) is -3.79. The van der Waals surface area contributed by atoms with Gasteiger partial charge in [-0.3, -0.25) is 4.72 Å². The molecule has 6 nitrogen and oxygen atoms in total. The van der Waals surface area contributed by atoms with E-state index in [0.717, 1.165) is 11.8 Å². The number of nitrogens with two attached hydrogens (primary N) is 1. The van der Waals surface area contributed by atoms with Gasteiger partial charge in [-0.25, -0.2) is 13.4 Å². The van der Waals surface area contributed by atoms with Crippen LogP contribution in [0.4, 0.5) is 11.4 Å². The van der Waals surface area contributed by atoms with Gasteiger partial charge in [-0.05, 0) is 30.7 Å². The highest BCUT2D eigenvalue weighted by molar-refractivity contribution is 7.92. The molecule has 2 aromatic rings. The molecule has 7 heteroatoms. The molecule has 3 N–H and O–H groups in total. The van der Waals surface area contributed by atoms with Crippen molar-refractivity contribution < 1.29 is 8.42 Å². The van der Waals surface area contributed by atoms with Crippen molar-refractivity contribution in [3.05, 3.63) is 47.8 Å². The van der Waals surface area contributed by atoms with Gasteiger partial charge >= 0.3 is 0 Å². The van der Waals surface area contributed by atoms with Crippen LogP contribution in [0.25, 0.3) is 0 Å². The van der Waals surface area contributed by atoms with E-state index in [-0.39, 0.29) is 10.6 Å². The van der Waals surface area contributed by atoms with Crippen LogP contribution in [0.1, 0.15) is 11.3 Å². The Morgan fingerprint density at radius 2 is 2.05 bits per heavy atom. The molecular weight excluding hydrogens is 276 g/mol. The maximum absolute atomic E-state index is 12.2. The lowest BCUT2D eigenvalue weighted by Crippen LogP contribution is -2.15. The van der Waals surface area contributed by atoms with E-state index < -0.39 is 10.0 Å². The Hall–Kier alpha value is -2.59. The van der Waals surface area contributed by atoms with Crippen LogP contribution in [0.5, 0.6) is 0 Å². The lowest BCUT2D eigenvalue weighted by atomic mass is 10.2. The molecule has 0 aliphatic heterocycles. The SMILES string of the molecule is Cc1cccc(N)c1NS(=O)(=O)c1ccc(C#N)nc1. The molecule has 0 saturated carbocycles. The van der Waals surface area contributed by atoms with E-state index in [0.29, 0.717) is 11.4 Å². The van der Waals surface area contributed by atoms with E-state index in [1.807, 2.05) is 6.07 Å². The summed E-state index contributed by atoms with van der Waals surface area (Å²) in [5.41, 5.74) is 7.32. The average Bonchev–Trinajstić information content (AvgIpc) is 2.43. The predicted molar refractivity (Wildman–Crippen MR) is 75.4 cm³/mol. The Bertz CT molecular complexity index is 757. The molecule has 0 atom stereocenters. The molecule has 1 aromatic carbocycles. The number of aryl methyl sites for hydroxylation is 1. The number of rotatable bonds is 3. The Morgan fingerprint density at radius 3 is 2.60 bits per heavy atom. The quantitative estimate of drug-likeness (QED) is 0.834. The number of para-hydroxylation sites is 1. The highest BCUT2D eigenvalue weighted by Crippen LogP contribution is 2.25. The Labute approximate surface area is 116 Å². The number of hydrogen-bond donors (Lipinski definition) is 2. The minimum Gasteiger partial charge on any atom is -0.397 e. The number of hydrogen-bond acceptors (Lipinski definition) is 5. The second-order valence-corrected chi connectivity index (χ2v) is 5.82. The van der Waals surface area contributed by atoms with Gasteiger partial charge in [-0.15, -0.1) is 0 Å². The summed E-state index contributed by atoms with van der Waals surface area (Å²) in [5.74, 6) is 0. The number of benzene rings is 1. The van der Waals surface area contributed by atoms with Crippen molar-refractivity contribution in [1.29, 1.82) is 5.26 Å². The van der Waals surface area contributed by atoms with E-state index in [4.69, 9.17) is 11.0 Å². The maximum Gasteiger partial charge on any atom is 0.263 e. The van der Waals surface area contributed by atoms with Crippen LogP contribution in [-0.2, 0) is 10.0 Å². The van der Waals surface area contributed by atoms with E-state index in [1.165, 1.54) is 12.1 Å². The summed E-state index contributed by atoms with van der Waals surface area (Å²) in [4.78, 5) is 3.71. The van der Waals surface area contributed by atoms with Gasteiger partial charge in [0, 0.05) is 6.20 Å². The fourth-order valence-electron chi connectivity index (χ4n) is 1.63. The highest BCUT2D eigenvalue weighted by Gasteiger charge is 2.17. The molecule has 1 heterocycles. The molecule has 20 heavy (non-hydrogen) atoms. The van der Waals surface area contributed by atoms with Crippen molar-refractivity contribution in [1.82, 2.24) is 4.98 Å². The zero-order valence-corrected chi connectivity index (χ0v) is 11.5. The minimum absolute atomic E-state index is 0.0286. The Balaban J connectivity index is 2.38. The monoisotopic (exact) mass is 288 g/mol. The van der Waals surface area contributed by atoms with Crippen LogP contribution < -0.4 is 10.5 Å². The third-order valence-corrected chi connectivity index (χ3v) is 4.04. The van der Waals surface area contributed by atoms with Gasteiger partial charge in [-0.1, -0.05) is 12.1 Å². The summed E-state index contributed by atoms with van der Waals surface area (Å²) in [6.07, 6.45) is 1.13. The number of nitrogens with zero attached hydrogens (tertiary/aromatic N) is 2. The predicted octanol–water partition coefficient (Wildman–Crippen LogP) is 1.64. The molecule has 0 saturated heterocycles. The van der Waals surface area contributed by atoms with Gasteiger partial charge < -0.3 is 5.73 Å². The standard InChI is InChI=1S/C13H12N4O2S/c1-9-3-2-4-12(15)13(9)17-20(18,19)11-6-5-10(7-14)16-8-11/h2-6,8,17H,15H2,1H3. The molecule has 0 fully saturated rings. The average molecular weight is 288 g/mol. The second-order valence-electron chi connectivity index (χ2n) is 4.14. The van der Waals surface area contributed by atoms with E-state index >= 15 is 0 Å². The summed E-state index contributed by atoms with van der Waals surface area (Å²) in [6, 6.07) is 9.60. The van der Waals surface area contributed by atoms with Crippen molar-refractivity contribution in [3.8, 4) is 6.07 Å². The van der Waals surface area contributed by atoms with Gasteiger partial charge in [0.15, 0.2) is 0 Å². The molecule has 0 aliphatic rings. The lowest BCUT2D eigenvalue weighted by Gasteiger charge is -2.12. The number of pyridine rings is 1. The van der Waals surface area contributed by atoms with Crippen LogP contribution in [0, 0.1) is 18.3 Å². The van der Waals surface area contributed by atoms with Crippen molar-refractivity contribution in [2.45, 2.75) is 11.8 Å². The molecule has 0 unspecified atom stereocenters. The summed E-state index contributed by atoms with van der Waals surface area (Å²) in [6.45, 7) is 1.76. The third kappa shape index (κ3) is 2.70. The molecule has 0 aliphatic carbocycles. The molecule has 102 valence electrons. The van der Waals surface area contributed by atoms with Gasteiger partial charge in [0.05, 0.1) is 11.4 Å². The Morgan fingerprint density at radius 1 is 1.30 bits per heavy atom. The first-order chi connectivity index (χ1) is 9.44. The Kier molecular flexibility index (Phi) is 3.59. The number of nitrogen functional groups attached to an aromatic ring is 1. The normalized spacial score (nSPS) is 10.8. The molecular formula is C13H12N4O2S. The second kappa shape index (κ2) is 5.19. The number of anilines is 2. The summed E-state index contributed by atoms with van der Waals surface area (Å²) < 4.78 is 26.9. The summed E-state index contributed by atoms with van der Waals surface area (Å²) >= 11 is 0. The number of aromatic nitrogens is 1. The van der Waals surface area contributed by atoms with Gasteiger partial charge in [-0.2, -0.15) is 5.26 Å². The first-order valence-electron chi connectivity index (χ1n) is 5.68. The number of nitriles is 1. The van der Waals surface area contributed by atoms with Crippen molar-refractivity contribution in [2.75, 3.05) is 10.5 Å². The molecule has 2 rings (SSSR count). The number of sulfonamides is 1. The summed E-state index contributed by atoms with van der Waals surface area (Å²) in [5, 5.41) is 8.65. The van der Waals surface area contributed by atoms with Crippen LogP contribution >= 0.6 is 0 Å². The zero-order chi connectivity index (χ0) is 14.8. The molecule has 1 aromatic heterocycles. The largest absolute Gasteiger partial charge is 0.397 e. The van der Waals surface area contributed by atoms with Crippen molar-refractivity contribution >= 4 is 21.4 Å². The minimum atomic E-state index is -3.79. The third-order valence-electron chi connectivity index (χ3n) is 2.70. The fraction of sp³-hybridized carbons (Fsp3) is 0.0769. The van der Waals surface area contributed by atoms with Crippen molar-refractivity contribution in [2.24, 2.45) is 0 Å². The molecule has 0 bridgehead atoms. The highest BCUT2D eigenvalue weighted by atomic mass is 32.2. The van der Waals surface area contributed by atoms with E-state index in [9.17, 15) is 8.42 Å². The topological polar surface area (TPSA) is 109 Å². The zero-order valence-electron chi connectivity index (χ0n) is 10.7. The van der Waals surface area contributed by atoms with E-state index in [1.54, 1.807) is 25.1 Å². The van der Waals surface area contributed by atoms with Crippen LogP contribution in [0.2, 0.25) is 0 Å². The molecule has 0 spiro atoms. The smallest absolute Gasteiger partial charge is 0.263 e. The van der Waals surface area contributed by atoms with Crippen molar-refractivity contribution in [3.63, 3.8) is 0 Å². The van der Waals surface area contributed by atoms with Gasteiger partial charge in [0.25, 0.3) is 10.0 Å². The molecule has 0 amide bonds. The van der Waals surface area contributed by atoms with E-state index in [2.05, 4.69) is 9.71 Å². The lowest BCUT2D eigenvalue weighted by molar-refractivity contribution is 0.600. The van der Waals surface area contributed by atoms with Crippen LogP contribution in [-0.4, -0.2) is 13.4 Å². The van der Waals surface area contributed by atoms with Crippen LogP contribution in [0.3, 0.4) is 0 Å². The van der Waals surface area contributed by atoms with Gasteiger partial charge in [0.1, 0.15) is 16.7 Å². The first kappa shape index (κ1) is 13.8. The number of nitrogens with one attached hydrogen (secondary N) is 1. The van der Waals surface area contributed by atoms with Gasteiger partial charge in [0.2, 0.25) is 0 Å². The van der Waals surface area contributed by atoms with Crippen LogP contribution in [0.15, 0.2) is 41.4 Å². The first-order valence-corrected chi connectivity index (χ1v) is 7.16. The fourth-order valence-corrected chi connectivity index (χ4v) is 2.73. The molecule has 0 radical (unpaired) electrons.